The maximum absolute atomic E-state index is 5.96. The summed E-state index contributed by atoms with van der Waals surface area (Å²) < 4.78 is 5.16. The van der Waals surface area contributed by atoms with Crippen LogP contribution in [-0.2, 0) is 11.2 Å². The molecule has 1 aromatic rings. The Morgan fingerprint density at radius 2 is 2.29 bits per heavy atom. The van der Waals surface area contributed by atoms with Crippen molar-refractivity contribution in [1.29, 1.82) is 0 Å². The van der Waals surface area contributed by atoms with Crippen LogP contribution >= 0.6 is 0 Å². The van der Waals surface area contributed by atoms with Crippen molar-refractivity contribution < 1.29 is 4.74 Å². The van der Waals surface area contributed by atoms with Crippen molar-refractivity contribution in [1.82, 2.24) is 4.98 Å². The molecule has 0 fully saturated rings. The molecule has 0 bridgehead atoms. The molecule has 0 spiro atoms. The molecule has 2 unspecified atom stereocenters. The van der Waals surface area contributed by atoms with Crippen LogP contribution in [-0.4, -0.2) is 24.2 Å². The first-order valence-electron chi connectivity index (χ1n) is 4.90. The van der Waals surface area contributed by atoms with E-state index in [1.54, 1.807) is 13.3 Å². The van der Waals surface area contributed by atoms with E-state index in [2.05, 4.69) is 4.98 Å². The summed E-state index contributed by atoms with van der Waals surface area (Å²) in [6.45, 7) is 2.03. The first-order valence-corrected chi connectivity index (χ1v) is 4.90. The standard InChI is InChI=1S/C11H18N2O/c1-9(14-2)7-10(12)8-11-5-3-4-6-13-11/h3-6,9-10H,7-8,12H2,1-2H3. The third-order valence-corrected chi connectivity index (χ3v) is 2.23. The molecule has 3 heteroatoms. The molecule has 0 aromatic carbocycles. The molecule has 0 saturated carbocycles. The van der Waals surface area contributed by atoms with Crippen molar-refractivity contribution in [2.24, 2.45) is 5.73 Å². The maximum Gasteiger partial charge on any atom is 0.0558 e. The molecule has 0 aliphatic heterocycles. The van der Waals surface area contributed by atoms with Gasteiger partial charge in [0.2, 0.25) is 0 Å². The molecule has 0 aliphatic rings. The zero-order chi connectivity index (χ0) is 10.4. The highest BCUT2D eigenvalue weighted by Crippen LogP contribution is 2.04. The van der Waals surface area contributed by atoms with Gasteiger partial charge in [-0.15, -0.1) is 0 Å². The monoisotopic (exact) mass is 194 g/mol. The quantitative estimate of drug-likeness (QED) is 0.770. The molecule has 1 rings (SSSR count). The zero-order valence-corrected chi connectivity index (χ0v) is 8.81. The van der Waals surface area contributed by atoms with Gasteiger partial charge in [0.15, 0.2) is 0 Å². The summed E-state index contributed by atoms with van der Waals surface area (Å²) in [6.07, 6.45) is 3.69. The Bertz CT molecular complexity index is 251. The van der Waals surface area contributed by atoms with Gasteiger partial charge in [-0.1, -0.05) is 6.07 Å². The maximum atomic E-state index is 5.96. The number of nitrogens with two attached hydrogens (primary N) is 1. The molecule has 3 nitrogen and oxygen atoms in total. The van der Waals surface area contributed by atoms with Crippen molar-refractivity contribution in [3.8, 4) is 0 Å². The number of aromatic nitrogens is 1. The van der Waals surface area contributed by atoms with Crippen LogP contribution in [0.5, 0.6) is 0 Å². The average Bonchev–Trinajstić information content (AvgIpc) is 2.19. The van der Waals surface area contributed by atoms with Crippen molar-refractivity contribution in [2.75, 3.05) is 7.11 Å². The van der Waals surface area contributed by atoms with Crippen LogP contribution in [0.15, 0.2) is 24.4 Å². The fourth-order valence-corrected chi connectivity index (χ4v) is 1.39. The molecule has 0 aliphatic carbocycles. The Morgan fingerprint density at radius 3 is 2.86 bits per heavy atom. The fourth-order valence-electron chi connectivity index (χ4n) is 1.39. The second-order valence-electron chi connectivity index (χ2n) is 3.57. The van der Waals surface area contributed by atoms with E-state index in [-0.39, 0.29) is 12.1 Å². The van der Waals surface area contributed by atoms with E-state index in [0.717, 1.165) is 18.5 Å². The number of ether oxygens (including phenoxy) is 1. The van der Waals surface area contributed by atoms with Crippen molar-refractivity contribution in [2.45, 2.75) is 31.9 Å². The number of hydrogen-bond acceptors (Lipinski definition) is 3. The third-order valence-electron chi connectivity index (χ3n) is 2.23. The lowest BCUT2D eigenvalue weighted by Crippen LogP contribution is -2.28. The lowest BCUT2D eigenvalue weighted by atomic mass is 10.1. The van der Waals surface area contributed by atoms with E-state index in [0.29, 0.717) is 0 Å². The van der Waals surface area contributed by atoms with E-state index < -0.39 is 0 Å². The second kappa shape index (κ2) is 5.73. The van der Waals surface area contributed by atoms with Gasteiger partial charge in [-0.2, -0.15) is 0 Å². The fraction of sp³-hybridized carbons (Fsp3) is 0.545. The molecule has 0 radical (unpaired) electrons. The van der Waals surface area contributed by atoms with Gasteiger partial charge in [-0.25, -0.2) is 0 Å². The molecule has 1 aromatic heterocycles. The lowest BCUT2D eigenvalue weighted by Gasteiger charge is -2.15. The minimum Gasteiger partial charge on any atom is -0.382 e. The van der Waals surface area contributed by atoms with Gasteiger partial charge in [0, 0.05) is 31.5 Å². The van der Waals surface area contributed by atoms with E-state index >= 15 is 0 Å². The number of hydrogen-bond donors (Lipinski definition) is 1. The number of rotatable bonds is 5. The lowest BCUT2D eigenvalue weighted by molar-refractivity contribution is 0.104. The summed E-state index contributed by atoms with van der Waals surface area (Å²) in [7, 11) is 1.71. The molecule has 2 N–H and O–H groups in total. The SMILES string of the molecule is COC(C)CC(N)Cc1ccccn1. The van der Waals surface area contributed by atoms with Gasteiger partial charge in [0.1, 0.15) is 0 Å². The van der Waals surface area contributed by atoms with Crippen LogP contribution < -0.4 is 5.73 Å². The molecule has 2 atom stereocenters. The van der Waals surface area contributed by atoms with Crippen molar-refractivity contribution in [3.63, 3.8) is 0 Å². The van der Waals surface area contributed by atoms with Gasteiger partial charge in [0.05, 0.1) is 6.10 Å². The number of pyridine rings is 1. The molecule has 0 amide bonds. The molecule has 78 valence electrons. The van der Waals surface area contributed by atoms with E-state index in [1.165, 1.54) is 0 Å². The van der Waals surface area contributed by atoms with Gasteiger partial charge < -0.3 is 10.5 Å². The van der Waals surface area contributed by atoms with Gasteiger partial charge >= 0.3 is 0 Å². The minimum atomic E-state index is 0.125. The Hall–Kier alpha value is -0.930. The van der Waals surface area contributed by atoms with Crippen LogP contribution in [0.25, 0.3) is 0 Å². The average molecular weight is 194 g/mol. The molecular formula is C11H18N2O. The van der Waals surface area contributed by atoms with E-state index in [4.69, 9.17) is 10.5 Å². The zero-order valence-electron chi connectivity index (χ0n) is 8.81. The van der Waals surface area contributed by atoms with Crippen LogP contribution in [0, 0.1) is 0 Å². The second-order valence-corrected chi connectivity index (χ2v) is 3.57. The highest BCUT2D eigenvalue weighted by atomic mass is 16.5. The summed E-state index contributed by atoms with van der Waals surface area (Å²) in [6, 6.07) is 6.01. The summed E-state index contributed by atoms with van der Waals surface area (Å²) in [5, 5.41) is 0. The first kappa shape index (κ1) is 11.1. The summed E-state index contributed by atoms with van der Waals surface area (Å²) in [5.41, 5.74) is 7.01. The van der Waals surface area contributed by atoms with Crippen molar-refractivity contribution in [3.05, 3.63) is 30.1 Å². The highest BCUT2D eigenvalue weighted by Gasteiger charge is 2.09. The normalized spacial score (nSPS) is 15.1. The van der Waals surface area contributed by atoms with Crippen LogP contribution in [0.3, 0.4) is 0 Å². The smallest absolute Gasteiger partial charge is 0.0558 e. The Kier molecular flexibility index (Phi) is 4.56. The largest absolute Gasteiger partial charge is 0.382 e. The number of nitrogens with zero attached hydrogens (tertiary/aromatic N) is 1. The molecule has 0 saturated heterocycles. The predicted molar refractivity (Wildman–Crippen MR) is 57.0 cm³/mol. The molecule has 14 heavy (non-hydrogen) atoms. The van der Waals surface area contributed by atoms with Crippen LogP contribution in [0.1, 0.15) is 19.0 Å². The number of methoxy groups -OCH3 is 1. The Morgan fingerprint density at radius 1 is 1.50 bits per heavy atom. The molecular weight excluding hydrogens is 176 g/mol. The summed E-state index contributed by atoms with van der Waals surface area (Å²) >= 11 is 0. The highest BCUT2D eigenvalue weighted by molar-refractivity contribution is 5.05. The first-order chi connectivity index (χ1) is 6.72. The van der Waals surface area contributed by atoms with Gasteiger partial charge in [-0.05, 0) is 25.5 Å². The Labute approximate surface area is 85.3 Å². The minimum absolute atomic E-state index is 0.125. The summed E-state index contributed by atoms with van der Waals surface area (Å²) in [4.78, 5) is 4.23. The third kappa shape index (κ3) is 3.85. The van der Waals surface area contributed by atoms with Gasteiger partial charge in [-0.3, -0.25) is 4.98 Å². The Balaban J connectivity index is 2.37. The van der Waals surface area contributed by atoms with E-state index in [9.17, 15) is 0 Å². The van der Waals surface area contributed by atoms with Gasteiger partial charge in [0.25, 0.3) is 0 Å². The predicted octanol–water partition coefficient (Wildman–Crippen LogP) is 1.38. The van der Waals surface area contributed by atoms with Crippen LogP contribution in [0.4, 0.5) is 0 Å². The van der Waals surface area contributed by atoms with Crippen molar-refractivity contribution >= 4 is 0 Å². The summed E-state index contributed by atoms with van der Waals surface area (Å²) in [5.74, 6) is 0. The topological polar surface area (TPSA) is 48.1 Å². The van der Waals surface area contributed by atoms with E-state index in [1.807, 2.05) is 25.1 Å². The molecule has 1 heterocycles. The van der Waals surface area contributed by atoms with Crippen LogP contribution in [0.2, 0.25) is 0 Å².